The molecule has 0 N–H and O–H groups in total. The molecule has 0 amide bonds. The normalized spacial score (nSPS) is 18.8. The molecular weight excluding hydrogens is 1090 g/mol. The second kappa shape index (κ2) is 31.7. The van der Waals surface area contributed by atoms with Crippen LogP contribution >= 0.6 is 0 Å². The molecule has 9 rings (SSSR count). The maximum atomic E-state index is 14.2. The third-order valence-corrected chi connectivity index (χ3v) is 20.1. The number of rotatable bonds is 15. The van der Waals surface area contributed by atoms with Gasteiger partial charge in [0.1, 0.15) is 23.3 Å². The molecule has 0 spiro atoms. The zero-order valence-electron chi connectivity index (χ0n) is 52.7. The summed E-state index contributed by atoms with van der Waals surface area (Å²) in [5.41, 5.74) is 5.71. The Labute approximate surface area is 499 Å². The molecule has 20 heteroatoms. The summed E-state index contributed by atoms with van der Waals surface area (Å²) in [6, 6.07) is 20.2. The molecule has 83 heavy (non-hydrogen) atoms. The fourth-order valence-electron chi connectivity index (χ4n) is 11.0. The number of piperidine rings is 1. The molecule has 464 valence electrons. The van der Waals surface area contributed by atoms with Crippen LogP contribution in [0.15, 0.2) is 73.1 Å². The first-order chi connectivity index (χ1) is 39.3. The number of hydrogen-bond donors (Lipinski definition) is 0. The molecule has 0 saturated carbocycles. The molecule has 0 aliphatic carbocycles. The lowest BCUT2D eigenvalue weighted by Crippen LogP contribution is -2.53. The average Bonchev–Trinajstić information content (AvgIpc) is 3.66. The Kier molecular flexibility index (Phi) is 25.8. The lowest BCUT2D eigenvalue weighted by atomic mass is 10.0. The molecule has 2 aromatic heterocycles. The van der Waals surface area contributed by atoms with E-state index in [2.05, 4.69) is 112 Å². The topological polar surface area (TPSA) is 126 Å². The van der Waals surface area contributed by atoms with Gasteiger partial charge in [-0.05, 0) is 136 Å². The molecule has 0 bridgehead atoms. The van der Waals surface area contributed by atoms with Crippen molar-refractivity contribution in [3.05, 3.63) is 107 Å². The lowest BCUT2D eigenvalue weighted by molar-refractivity contribution is 0.115. The molecule has 2 aromatic carbocycles. The fourth-order valence-corrected chi connectivity index (χ4v) is 12.9. The van der Waals surface area contributed by atoms with E-state index < -0.39 is 20.0 Å². The highest BCUT2D eigenvalue weighted by molar-refractivity contribution is 7.89. The molecule has 5 saturated heterocycles. The summed E-state index contributed by atoms with van der Waals surface area (Å²) in [5, 5.41) is 0. The van der Waals surface area contributed by atoms with Gasteiger partial charge in [-0.15, -0.1) is 0 Å². The highest BCUT2D eigenvalue weighted by Gasteiger charge is 2.29. The average molecular weight is 1190 g/mol. The summed E-state index contributed by atoms with van der Waals surface area (Å²) < 4.78 is 77.8. The van der Waals surface area contributed by atoms with Crippen LogP contribution in [0.4, 0.5) is 31.8 Å². The molecule has 0 radical (unpaired) electrons. The van der Waals surface area contributed by atoms with Crippen LogP contribution in [0.25, 0.3) is 0 Å². The predicted octanol–water partition coefficient (Wildman–Crippen LogP) is 8.76. The van der Waals surface area contributed by atoms with Gasteiger partial charge in [0.25, 0.3) is 0 Å². The van der Waals surface area contributed by atoms with E-state index in [1.165, 1.54) is 71.6 Å². The number of pyridine rings is 2. The number of likely N-dealkylation sites (N-methyl/N-ethyl adjacent to an activating group) is 1. The molecule has 5 fully saturated rings. The van der Waals surface area contributed by atoms with E-state index in [0.717, 1.165) is 74.6 Å². The number of likely N-dealkylation sites (tertiary alicyclic amines) is 1. The number of halogens is 2. The molecule has 5 aliphatic rings. The van der Waals surface area contributed by atoms with E-state index in [0.29, 0.717) is 87.4 Å². The Hall–Kier alpha value is -4.54. The second-order valence-electron chi connectivity index (χ2n) is 24.6. The van der Waals surface area contributed by atoms with Crippen LogP contribution in [-0.2, 0) is 20.0 Å². The second-order valence-corrected chi connectivity index (χ2v) is 28.8. The number of benzene rings is 2. The fraction of sp³-hybridized carbons (Fsp3) is 0.651. The number of aromatic nitrogens is 2. The van der Waals surface area contributed by atoms with Crippen molar-refractivity contribution in [3.63, 3.8) is 0 Å². The summed E-state index contributed by atoms with van der Waals surface area (Å²) in [6.45, 7) is 36.2. The lowest BCUT2D eigenvalue weighted by Gasteiger charge is -2.42. The first kappa shape index (κ1) is 67.6. The summed E-state index contributed by atoms with van der Waals surface area (Å²) in [5.74, 6) is 3.62. The first-order valence-corrected chi connectivity index (χ1v) is 34.0. The van der Waals surface area contributed by atoms with Crippen molar-refractivity contribution >= 4 is 43.1 Å². The quantitative estimate of drug-likeness (QED) is 0.113. The molecule has 0 unspecified atom stereocenters. The number of sulfonamides is 2. The highest BCUT2D eigenvalue weighted by Crippen LogP contribution is 2.28. The third kappa shape index (κ3) is 20.3. The minimum absolute atomic E-state index is 0.116. The van der Waals surface area contributed by atoms with Gasteiger partial charge in [-0.1, -0.05) is 79.7 Å². The van der Waals surface area contributed by atoms with Crippen LogP contribution in [0.5, 0.6) is 0 Å². The first-order valence-electron chi connectivity index (χ1n) is 30.6. The maximum absolute atomic E-state index is 14.2. The van der Waals surface area contributed by atoms with Crippen LogP contribution in [0.3, 0.4) is 0 Å². The minimum atomic E-state index is -3.15. The van der Waals surface area contributed by atoms with Crippen molar-refractivity contribution in [2.45, 2.75) is 105 Å². The number of nitrogens with zero attached hydrogens (tertiary/aromatic N) is 12. The summed E-state index contributed by atoms with van der Waals surface area (Å²) in [4.78, 5) is 27.9. The van der Waals surface area contributed by atoms with Crippen molar-refractivity contribution in [1.29, 1.82) is 0 Å². The Morgan fingerprint density at radius 2 is 0.904 bits per heavy atom. The van der Waals surface area contributed by atoms with Gasteiger partial charge in [-0.25, -0.2) is 35.6 Å². The van der Waals surface area contributed by atoms with E-state index in [1.54, 1.807) is 31.2 Å². The standard InChI is InChI=1S/C18H30N4.C16H28N4.C15H23FN2O2S.C14H21FN2O2S/c1-15(2)16-4-5-18(19-14-16)22-12-10-21(11-13-22)17-6-8-20(3)9-7-17;1-14(2)15-5-6-16(17-13-15)20-11-9-19(10-12-20)8-7-18(3)4;1-4-21(19,20)18-9-7-17(8-10-18)15-6-5-13(12(2)3)11-14(15)16;1-11(2)12-4-5-14(13(15)10-12)16-6-8-17(9-7-16)20(3,18)19/h4-5,14-15,17H,6-13H2,1-3H3;5-6,13-14H,7-12H2,1-4H3;5-6,11-12H,4,7-10H2,1-3H3;4-5,10-11H,6-9H2,1-3H3. The maximum Gasteiger partial charge on any atom is 0.213 e. The number of anilines is 4. The van der Waals surface area contributed by atoms with Gasteiger partial charge in [0, 0.05) is 136 Å². The molecule has 16 nitrogen and oxygen atoms in total. The summed E-state index contributed by atoms with van der Waals surface area (Å²) in [6.07, 6.45) is 7.94. The van der Waals surface area contributed by atoms with Crippen molar-refractivity contribution in [2.75, 3.05) is 184 Å². The van der Waals surface area contributed by atoms with Crippen molar-refractivity contribution in [1.82, 2.24) is 38.2 Å². The number of piperazine rings is 4. The molecule has 7 heterocycles. The van der Waals surface area contributed by atoms with Gasteiger partial charge in [-0.3, -0.25) is 9.80 Å². The zero-order valence-corrected chi connectivity index (χ0v) is 54.3. The predicted molar refractivity (Wildman–Crippen MR) is 341 cm³/mol. The Balaban J connectivity index is 0.000000178. The van der Waals surface area contributed by atoms with Gasteiger partial charge >= 0.3 is 0 Å². The van der Waals surface area contributed by atoms with Crippen LogP contribution in [0.2, 0.25) is 0 Å². The summed E-state index contributed by atoms with van der Waals surface area (Å²) in [7, 11) is 0.219. The van der Waals surface area contributed by atoms with Gasteiger partial charge in [0.05, 0.1) is 23.4 Å². The Morgan fingerprint density at radius 3 is 1.25 bits per heavy atom. The molecular formula is C63H102F2N12O4S2. The van der Waals surface area contributed by atoms with E-state index in [1.807, 2.05) is 62.0 Å². The van der Waals surface area contributed by atoms with Gasteiger partial charge in [0.2, 0.25) is 20.0 Å². The number of hydrogen-bond acceptors (Lipinski definition) is 14. The van der Waals surface area contributed by atoms with E-state index in [4.69, 9.17) is 0 Å². The Morgan fingerprint density at radius 1 is 0.518 bits per heavy atom. The zero-order chi connectivity index (χ0) is 60.6. The summed E-state index contributed by atoms with van der Waals surface area (Å²) >= 11 is 0. The minimum Gasteiger partial charge on any atom is -0.367 e. The van der Waals surface area contributed by atoms with Crippen LogP contribution < -0.4 is 19.6 Å². The van der Waals surface area contributed by atoms with Gasteiger partial charge in [0.15, 0.2) is 0 Å². The molecule has 5 aliphatic heterocycles. The van der Waals surface area contributed by atoms with Crippen LogP contribution in [0.1, 0.15) is 121 Å². The molecule has 0 atom stereocenters. The van der Waals surface area contributed by atoms with Gasteiger partial charge < -0.3 is 29.4 Å². The van der Waals surface area contributed by atoms with Crippen LogP contribution in [0, 0.1) is 11.6 Å². The Bertz CT molecular complexity index is 2790. The SMILES string of the molecule is CC(C)c1ccc(N2CCN(C3CCN(C)CC3)CC2)nc1.CC(C)c1ccc(N2CCN(CCN(C)C)CC2)nc1.CC(C)c1ccc(N2CCN(S(C)(=O)=O)CC2)c(F)c1.CCS(=O)(=O)N1CCN(c2ccc(C(C)C)cc2F)CC1. The van der Waals surface area contributed by atoms with Gasteiger partial charge in [-0.2, -0.15) is 8.61 Å². The van der Waals surface area contributed by atoms with E-state index >= 15 is 0 Å². The monoisotopic (exact) mass is 1190 g/mol. The van der Waals surface area contributed by atoms with Crippen LogP contribution in [-0.4, -0.2) is 225 Å². The van der Waals surface area contributed by atoms with E-state index in [-0.39, 0.29) is 17.4 Å². The van der Waals surface area contributed by atoms with E-state index in [9.17, 15) is 25.6 Å². The smallest absolute Gasteiger partial charge is 0.213 e. The van der Waals surface area contributed by atoms with Crippen molar-refractivity contribution in [3.8, 4) is 0 Å². The van der Waals surface area contributed by atoms with Crippen molar-refractivity contribution < 1.29 is 25.6 Å². The largest absolute Gasteiger partial charge is 0.367 e. The molecule has 4 aromatic rings. The highest BCUT2D eigenvalue weighted by atomic mass is 32.2. The third-order valence-electron chi connectivity index (χ3n) is 16.9. The van der Waals surface area contributed by atoms with Crippen molar-refractivity contribution in [2.24, 2.45) is 0 Å².